The Morgan fingerprint density at radius 1 is 1.54 bits per heavy atom. The van der Waals surface area contributed by atoms with Crippen LogP contribution < -0.4 is 5.73 Å². The van der Waals surface area contributed by atoms with Crippen molar-refractivity contribution < 1.29 is 8.95 Å². The standard InChI is InChI=1S/C9H19NO2S/c1-12-8-3-2-4-9(7-8)13(11)6-5-10/h8-9H,2-7,10H2,1H3. The molecule has 0 spiro atoms. The maximum absolute atomic E-state index is 11.6. The molecule has 1 aliphatic carbocycles. The van der Waals surface area contributed by atoms with Crippen LogP contribution in [0.4, 0.5) is 0 Å². The molecule has 0 radical (unpaired) electrons. The largest absolute Gasteiger partial charge is 0.381 e. The zero-order valence-electron chi connectivity index (χ0n) is 8.20. The second-order valence-electron chi connectivity index (χ2n) is 3.52. The lowest BCUT2D eigenvalue weighted by Crippen LogP contribution is -2.31. The van der Waals surface area contributed by atoms with Crippen LogP contribution in [0.1, 0.15) is 25.7 Å². The third-order valence-electron chi connectivity index (χ3n) is 2.60. The highest BCUT2D eigenvalue weighted by Crippen LogP contribution is 2.24. The first kappa shape index (κ1) is 11.1. The minimum atomic E-state index is -0.734. The van der Waals surface area contributed by atoms with Crippen LogP contribution in [-0.2, 0) is 15.5 Å². The van der Waals surface area contributed by atoms with Gasteiger partial charge in [0.25, 0.3) is 0 Å². The molecule has 1 fully saturated rings. The molecule has 0 saturated heterocycles. The van der Waals surface area contributed by atoms with Gasteiger partial charge in [0.15, 0.2) is 0 Å². The number of hydrogen-bond acceptors (Lipinski definition) is 3. The van der Waals surface area contributed by atoms with E-state index in [4.69, 9.17) is 10.5 Å². The van der Waals surface area contributed by atoms with Gasteiger partial charge < -0.3 is 10.5 Å². The van der Waals surface area contributed by atoms with E-state index in [0.29, 0.717) is 23.7 Å². The monoisotopic (exact) mass is 205 g/mol. The molecule has 3 nitrogen and oxygen atoms in total. The summed E-state index contributed by atoms with van der Waals surface area (Å²) in [4.78, 5) is 0. The smallest absolute Gasteiger partial charge is 0.0582 e. The van der Waals surface area contributed by atoms with Gasteiger partial charge in [-0.2, -0.15) is 0 Å². The van der Waals surface area contributed by atoms with Gasteiger partial charge in [0, 0.05) is 35.5 Å². The summed E-state index contributed by atoms with van der Waals surface area (Å²) in [6, 6.07) is 0. The molecule has 0 heterocycles. The highest BCUT2D eigenvalue weighted by atomic mass is 32.2. The maximum atomic E-state index is 11.6. The van der Waals surface area contributed by atoms with Crippen molar-refractivity contribution in [3.63, 3.8) is 0 Å². The molecule has 1 rings (SSSR count). The quantitative estimate of drug-likeness (QED) is 0.733. The molecular formula is C9H19NO2S. The van der Waals surface area contributed by atoms with E-state index >= 15 is 0 Å². The van der Waals surface area contributed by atoms with Crippen LogP contribution in [-0.4, -0.2) is 35.0 Å². The van der Waals surface area contributed by atoms with Gasteiger partial charge in [-0.1, -0.05) is 0 Å². The molecule has 0 aromatic carbocycles. The van der Waals surface area contributed by atoms with Crippen LogP contribution in [0.5, 0.6) is 0 Å². The zero-order chi connectivity index (χ0) is 9.68. The SMILES string of the molecule is COC1CCCC(S(=O)CCN)C1. The molecule has 2 N–H and O–H groups in total. The predicted octanol–water partition coefficient (Wildman–Crippen LogP) is 0.651. The Labute approximate surface area is 82.5 Å². The van der Waals surface area contributed by atoms with E-state index in [-0.39, 0.29) is 0 Å². The fraction of sp³-hybridized carbons (Fsp3) is 1.00. The van der Waals surface area contributed by atoms with Crippen LogP contribution >= 0.6 is 0 Å². The van der Waals surface area contributed by atoms with Crippen molar-refractivity contribution in [3.8, 4) is 0 Å². The van der Waals surface area contributed by atoms with E-state index in [9.17, 15) is 4.21 Å². The highest BCUT2D eigenvalue weighted by molar-refractivity contribution is 7.85. The van der Waals surface area contributed by atoms with Gasteiger partial charge >= 0.3 is 0 Å². The van der Waals surface area contributed by atoms with Crippen molar-refractivity contribution in [2.75, 3.05) is 19.4 Å². The second-order valence-corrected chi connectivity index (χ2v) is 5.36. The van der Waals surface area contributed by atoms with E-state index in [1.165, 1.54) is 0 Å². The second kappa shape index (κ2) is 5.73. The van der Waals surface area contributed by atoms with Crippen LogP contribution in [0.25, 0.3) is 0 Å². The van der Waals surface area contributed by atoms with Gasteiger partial charge in [0.05, 0.1) is 6.10 Å². The van der Waals surface area contributed by atoms with E-state index in [1.807, 2.05) is 0 Å². The van der Waals surface area contributed by atoms with Crippen molar-refractivity contribution in [3.05, 3.63) is 0 Å². The van der Waals surface area contributed by atoms with E-state index in [2.05, 4.69) is 0 Å². The van der Waals surface area contributed by atoms with Gasteiger partial charge in [-0.25, -0.2) is 0 Å². The number of methoxy groups -OCH3 is 1. The molecular weight excluding hydrogens is 186 g/mol. The minimum absolute atomic E-state index is 0.320. The van der Waals surface area contributed by atoms with Gasteiger partial charge in [-0.05, 0) is 25.7 Å². The van der Waals surface area contributed by atoms with Crippen molar-refractivity contribution >= 4 is 10.8 Å². The van der Waals surface area contributed by atoms with Gasteiger partial charge in [-0.15, -0.1) is 0 Å². The molecule has 0 aromatic rings. The first-order valence-electron chi connectivity index (χ1n) is 4.88. The minimum Gasteiger partial charge on any atom is -0.381 e. The number of ether oxygens (including phenoxy) is 1. The Bertz CT molecular complexity index is 175. The summed E-state index contributed by atoms with van der Waals surface area (Å²) in [6.45, 7) is 0.529. The number of hydrogen-bond donors (Lipinski definition) is 1. The maximum Gasteiger partial charge on any atom is 0.0582 e. The zero-order valence-corrected chi connectivity index (χ0v) is 9.02. The summed E-state index contributed by atoms with van der Waals surface area (Å²) < 4.78 is 16.9. The summed E-state index contributed by atoms with van der Waals surface area (Å²) in [5, 5.41) is 0.322. The lowest BCUT2D eigenvalue weighted by atomic mass is 9.97. The average molecular weight is 205 g/mol. The summed E-state index contributed by atoms with van der Waals surface area (Å²) >= 11 is 0. The molecule has 3 unspecified atom stereocenters. The molecule has 1 saturated carbocycles. The first-order valence-corrected chi connectivity index (χ1v) is 6.26. The average Bonchev–Trinajstić information content (AvgIpc) is 2.18. The van der Waals surface area contributed by atoms with Crippen LogP contribution in [0, 0.1) is 0 Å². The Balaban J connectivity index is 2.37. The molecule has 13 heavy (non-hydrogen) atoms. The highest BCUT2D eigenvalue weighted by Gasteiger charge is 2.25. The molecule has 0 aromatic heterocycles. The third kappa shape index (κ3) is 3.37. The Kier molecular flexibility index (Phi) is 4.91. The fourth-order valence-electron chi connectivity index (χ4n) is 1.84. The van der Waals surface area contributed by atoms with Crippen molar-refractivity contribution in [2.24, 2.45) is 5.73 Å². The summed E-state index contributed by atoms with van der Waals surface area (Å²) in [5.41, 5.74) is 5.38. The van der Waals surface area contributed by atoms with E-state index < -0.39 is 10.8 Å². The van der Waals surface area contributed by atoms with Crippen molar-refractivity contribution in [1.82, 2.24) is 0 Å². The lowest BCUT2D eigenvalue weighted by molar-refractivity contribution is 0.0725. The third-order valence-corrected chi connectivity index (χ3v) is 4.41. The van der Waals surface area contributed by atoms with Gasteiger partial charge in [-0.3, -0.25) is 4.21 Å². The molecule has 3 atom stereocenters. The molecule has 0 aliphatic heterocycles. The first-order chi connectivity index (χ1) is 6.27. The van der Waals surface area contributed by atoms with Crippen molar-refractivity contribution in [1.29, 1.82) is 0 Å². The molecule has 0 bridgehead atoms. The molecule has 0 amide bonds. The lowest BCUT2D eigenvalue weighted by Gasteiger charge is -2.27. The van der Waals surface area contributed by atoms with Gasteiger partial charge in [0.1, 0.15) is 0 Å². The normalized spacial score (nSPS) is 31.5. The topological polar surface area (TPSA) is 52.3 Å². The van der Waals surface area contributed by atoms with Crippen LogP contribution in [0.3, 0.4) is 0 Å². The fourth-order valence-corrected chi connectivity index (χ4v) is 3.26. The van der Waals surface area contributed by atoms with Crippen LogP contribution in [0.2, 0.25) is 0 Å². The molecule has 78 valence electrons. The summed E-state index contributed by atoms with van der Waals surface area (Å²) in [5.74, 6) is 0.640. The Morgan fingerprint density at radius 3 is 2.92 bits per heavy atom. The summed E-state index contributed by atoms with van der Waals surface area (Å²) in [6.07, 6.45) is 4.60. The predicted molar refractivity (Wildman–Crippen MR) is 55.1 cm³/mol. The van der Waals surface area contributed by atoms with E-state index in [1.54, 1.807) is 7.11 Å². The molecule has 1 aliphatic rings. The summed E-state index contributed by atoms with van der Waals surface area (Å²) in [7, 11) is 1.00. The van der Waals surface area contributed by atoms with Crippen LogP contribution in [0.15, 0.2) is 0 Å². The molecule has 4 heteroatoms. The van der Waals surface area contributed by atoms with Gasteiger partial charge in [0.2, 0.25) is 0 Å². The Hall–Kier alpha value is 0.0700. The number of rotatable bonds is 4. The van der Waals surface area contributed by atoms with Crippen molar-refractivity contribution in [2.45, 2.75) is 37.0 Å². The Morgan fingerprint density at radius 2 is 2.31 bits per heavy atom. The number of nitrogens with two attached hydrogens (primary N) is 1. The van der Waals surface area contributed by atoms with E-state index in [0.717, 1.165) is 25.7 Å².